The molecule has 1 aromatic carbocycles. The van der Waals surface area contributed by atoms with Crippen LogP contribution in [0.2, 0.25) is 5.02 Å². The lowest BCUT2D eigenvalue weighted by atomic mass is 10.2. The Balaban J connectivity index is 2.85. The zero-order chi connectivity index (χ0) is 11.4. The Morgan fingerprint density at radius 3 is 2.80 bits per heavy atom. The van der Waals surface area contributed by atoms with Crippen LogP contribution in [0.5, 0.6) is 0 Å². The molecule has 0 bridgehead atoms. The van der Waals surface area contributed by atoms with Crippen molar-refractivity contribution in [3.63, 3.8) is 0 Å². The van der Waals surface area contributed by atoms with Gasteiger partial charge < -0.3 is 5.32 Å². The SMILES string of the molecule is CCC(Br)C(=O)Nc1c(C)cccc1Cl. The Labute approximate surface area is 103 Å². The van der Waals surface area contributed by atoms with E-state index in [1.54, 1.807) is 6.07 Å². The molecule has 4 heteroatoms. The summed E-state index contributed by atoms with van der Waals surface area (Å²) in [5.41, 5.74) is 1.66. The van der Waals surface area contributed by atoms with Crippen LogP contribution in [0.4, 0.5) is 5.69 Å². The Morgan fingerprint density at radius 2 is 2.27 bits per heavy atom. The van der Waals surface area contributed by atoms with Gasteiger partial charge in [-0.15, -0.1) is 0 Å². The molecule has 1 N–H and O–H groups in total. The van der Waals surface area contributed by atoms with Crippen LogP contribution in [0.25, 0.3) is 0 Å². The number of hydrogen-bond donors (Lipinski definition) is 1. The lowest BCUT2D eigenvalue weighted by molar-refractivity contribution is -0.115. The molecular formula is C11H13BrClNO. The second-order valence-electron chi connectivity index (χ2n) is 3.30. The van der Waals surface area contributed by atoms with E-state index in [9.17, 15) is 4.79 Å². The molecule has 0 saturated carbocycles. The van der Waals surface area contributed by atoms with Gasteiger partial charge in [-0.1, -0.05) is 46.6 Å². The number of alkyl halides is 1. The summed E-state index contributed by atoms with van der Waals surface area (Å²) in [6.45, 7) is 3.86. The number of aryl methyl sites for hydroxylation is 1. The summed E-state index contributed by atoms with van der Waals surface area (Å²) >= 11 is 9.29. The van der Waals surface area contributed by atoms with Crippen LogP contribution in [0, 0.1) is 6.92 Å². The Kier molecular flexibility index (Phi) is 4.61. The minimum atomic E-state index is -0.173. The highest BCUT2D eigenvalue weighted by molar-refractivity contribution is 9.10. The first-order valence-corrected chi connectivity index (χ1v) is 6.05. The maximum atomic E-state index is 11.6. The number of rotatable bonds is 3. The van der Waals surface area contributed by atoms with E-state index in [1.165, 1.54) is 0 Å². The second kappa shape index (κ2) is 5.52. The maximum absolute atomic E-state index is 11.6. The summed E-state index contributed by atoms with van der Waals surface area (Å²) < 4.78 is 0. The van der Waals surface area contributed by atoms with E-state index in [1.807, 2.05) is 26.0 Å². The van der Waals surface area contributed by atoms with Crippen LogP contribution < -0.4 is 5.32 Å². The maximum Gasteiger partial charge on any atom is 0.238 e. The molecule has 2 nitrogen and oxygen atoms in total. The van der Waals surface area contributed by atoms with Gasteiger partial charge in [0.1, 0.15) is 0 Å². The largest absolute Gasteiger partial charge is 0.324 e. The second-order valence-corrected chi connectivity index (χ2v) is 4.81. The van der Waals surface area contributed by atoms with E-state index in [0.29, 0.717) is 10.7 Å². The van der Waals surface area contributed by atoms with Crippen molar-refractivity contribution in [1.82, 2.24) is 0 Å². The first-order chi connectivity index (χ1) is 7.06. The molecule has 0 aliphatic carbocycles. The Morgan fingerprint density at radius 1 is 1.60 bits per heavy atom. The molecule has 1 atom stereocenters. The fraction of sp³-hybridized carbons (Fsp3) is 0.364. The van der Waals surface area contributed by atoms with Gasteiger partial charge in [0.05, 0.1) is 15.5 Å². The number of amides is 1. The number of para-hydroxylation sites is 1. The molecule has 15 heavy (non-hydrogen) atoms. The fourth-order valence-corrected chi connectivity index (χ4v) is 1.56. The van der Waals surface area contributed by atoms with E-state index in [2.05, 4.69) is 21.2 Å². The fourth-order valence-electron chi connectivity index (χ4n) is 1.18. The molecule has 0 heterocycles. The third-order valence-corrected chi connectivity index (χ3v) is 3.49. The molecular weight excluding hydrogens is 277 g/mol. The van der Waals surface area contributed by atoms with Crippen molar-refractivity contribution in [3.8, 4) is 0 Å². The van der Waals surface area contributed by atoms with Gasteiger partial charge in [-0.3, -0.25) is 4.79 Å². The molecule has 1 unspecified atom stereocenters. The molecule has 1 aromatic rings. The zero-order valence-electron chi connectivity index (χ0n) is 8.68. The predicted octanol–water partition coefficient (Wildman–Crippen LogP) is 3.76. The highest BCUT2D eigenvalue weighted by Gasteiger charge is 2.14. The normalized spacial score (nSPS) is 12.3. The summed E-state index contributed by atoms with van der Waals surface area (Å²) in [4.78, 5) is 11.5. The topological polar surface area (TPSA) is 29.1 Å². The molecule has 0 aliphatic rings. The minimum absolute atomic E-state index is 0.0614. The van der Waals surface area contributed by atoms with Gasteiger partial charge in [0.25, 0.3) is 0 Å². The summed E-state index contributed by atoms with van der Waals surface area (Å²) in [6.07, 6.45) is 0.745. The molecule has 0 aliphatic heterocycles. The van der Waals surface area contributed by atoms with Gasteiger partial charge in [0, 0.05) is 0 Å². The van der Waals surface area contributed by atoms with Crippen molar-refractivity contribution in [2.45, 2.75) is 25.1 Å². The number of nitrogens with one attached hydrogen (secondary N) is 1. The van der Waals surface area contributed by atoms with Crippen molar-refractivity contribution in [1.29, 1.82) is 0 Å². The van der Waals surface area contributed by atoms with Crippen molar-refractivity contribution >= 4 is 39.1 Å². The van der Waals surface area contributed by atoms with Crippen molar-refractivity contribution < 1.29 is 4.79 Å². The lowest BCUT2D eigenvalue weighted by Gasteiger charge is -2.12. The van der Waals surface area contributed by atoms with Crippen LogP contribution in [-0.2, 0) is 4.79 Å². The first-order valence-electron chi connectivity index (χ1n) is 4.76. The van der Waals surface area contributed by atoms with E-state index < -0.39 is 0 Å². The van der Waals surface area contributed by atoms with E-state index in [4.69, 9.17) is 11.6 Å². The summed E-state index contributed by atoms with van der Waals surface area (Å²) in [5, 5.41) is 3.38. The van der Waals surface area contributed by atoms with E-state index in [-0.39, 0.29) is 10.7 Å². The van der Waals surface area contributed by atoms with Gasteiger partial charge in [-0.2, -0.15) is 0 Å². The van der Waals surface area contributed by atoms with Crippen LogP contribution in [0.15, 0.2) is 18.2 Å². The molecule has 1 amide bonds. The Bertz CT molecular complexity index is 347. The minimum Gasteiger partial charge on any atom is -0.324 e. The van der Waals surface area contributed by atoms with E-state index >= 15 is 0 Å². The van der Waals surface area contributed by atoms with E-state index in [0.717, 1.165) is 12.0 Å². The standard InChI is InChI=1S/C11H13BrClNO/c1-3-8(12)11(15)14-10-7(2)5-4-6-9(10)13/h4-6,8H,3H2,1-2H3,(H,14,15). The summed E-state index contributed by atoms with van der Waals surface area (Å²) in [5.74, 6) is -0.0614. The lowest BCUT2D eigenvalue weighted by Crippen LogP contribution is -2.22. The highest BCUT2D eigenvalue weighted by Crippen LogP contribution is 2.25. The van der Waals surface area contributed by atoms with Crippen molar-refractivity contribution in [2.75, 3.05) is 5.32 Å². The van der Waals surface area contributed by atoms with Gasteiger partial charge in [-0.25, -0.2) is 0 Å². The molecule has 0 aromatic heterocycles. The predicted molar refractivity (Wildman–Crippen MR) is 67.8 cm³/mol. The first kappa shape index (κ1) is 12.5. The third kappa shape index (κ3) is 3.21. The number of anilines is 1. The number of carbonyl (C=O) groups excluding carboxylic acids is 1. The molecule has 82 valence electrons. The number of halogens is 2. The monoisotopic (exact) mass is 289 g/mol. The van der Waals surface area contributed by atoms with Crippen LogP contribution in [0.1, 0.15) is 18.9 Å². The van der Waals surface area contributed by atoms with Crippen LogP contribution in [0.3, 0.4) is 0 Å². The van der Waals surface area contributed by atoms with Crippen molar-refractivity contribution in [3.05, 3.63) is 28.8 Å². The molecule has 1 rings (SSSR count). The van der Waals surface area contributed by atoms with Gasteiger partial charge >= 0.3 is 0 Å². The third-order valence-electron chi connectivity index (χ3n) is 2.11. The summed E-state index contributed by atoms with van der Waals surface area (Å²) in [7, 11) is 0. The molecule has 0 saturated heterocycles. The quantitative estimate of drug-likeness (QED) is 0.844. The van der Waals surface area contributed by atoms with Gasteiger partial charge in [-0.05, 0) is 25.0 Å². The zero-order valence-corrected chi connectivity index (χ0v) is 11.0. The number of carbonyl (C=O) groups is 1. The molecule has 0 radical (unpaired) electrons. The summed E-state index contributed by atoms with van der Waals surface area (Å²) in [6, 6.07) is 5.54. The average Bonchev–Trinajstić information content (AvgIpc) is 2.22. The molecule has 0 fully saturated rings. The van der Waals surface area contributed by atoms with Crippen molar-refractivity contribution in [2.24, 2.45) is 0 Å². The van der Waals surface area contributed by atoms with Gasteiger partial charge in [0.15, 0.2) is 0 Å². The number of benzene rings is 1. The molecule has 0 spiro atoms. The van der Waals surface area contributed by atoms with Crippen LogP contribution in [-0.4, -0.2) is 10.7 Å². The smallest absolute Gasteiger partial charge is 0.238 e. The average molecular weight is 291 g/mol. The highest BCUT2D eigenvalue weighted by atomic mass is 79.9. The van der Waals surface area contributed by atoms with Crippen LogP contribution >= 0.6 is 27.5 Å². The Hall–Kier alpha value is -0.540. The number of hydrogen-bond acceptors (Lipinski definition) is 1. The van der Waals surface area contributed by atoms with Gasteiger partial charge in [0.2, 0.25) is 5.91 Å².